The maximum absolute atomic E-state index is 11.1. The highest BCUT2D eigenvalue weighted by molar-refractivity contribution is 6.23. The van der Waals surface area contributed by atoms with Gasteiger partial charge in [0.1, 0.15) is 20.4 Å². The molecule has 0 fully saturated rings. The van der Waals surface area contributed by atoms with E-state index in [4.69, 9.17) is 14.4 Å². The first-order valence-corrected chi connectivity index (χ1v) is 11.1. The number of anilines is 2. The minimum absolute atomic E-state index is 0.0537. The van der Waals surface area contributed by atoms with Crippen molar-refractivity contribution in [1.29, 1.82) is 0 Å². The van der Waals surface area contributed by atoms with Gasteiger partial charge in [-0.2, -0.15) is 0 Å². The average molecular weight is 517 g/mol. The Balaban J connectivity index is -0.000000520. The number of amides is 2. The maximum Gasteiger partial charge on any atom is 0.284 e. The first-order valence-electron chi connectivity index (χ1n) is 11.1. The maximum atomic E-state index is 11.1. The highest BCUT2D eigenvalue weighted by atomic mass is 16.2. The second-order valence-corrected chi connectivity index (χ2v) is 7.32. The molecule has 37 heavy (non-hydrogen) atoms. The van der Waals surface area contributed by atoms with Gasteiger partial charge in [-0.05, 0) is 61.8 Å². The molecule has 0 saturated heterocycles. The number of benzene rings is 2. The van der Waals surface area contributed by atoms with Crippen molar-refractivity contribution in [3.63, 3.8) is 0 Å². The first-order chi connectivity index (χ1) is 17.8. The summed E-state index contributed by atoms with van der Waals surface area (Å²) in [4.78, 5) is 59.5. The molecule has 0 heterocycles. The zero-order chi connectivity index (χ0) is 29.2. The molecule has 2 N–H and O–H groups in total. The molecule has 0 bridgehead atoms. The van der Waals surface area contributed by atoms with Crippen LogP contribution in [0.25, 0.3) is 0 Å². The molecule has 0 atom stereocenters. The van der Waals surface area contributed by atoms with Crippen molar-refractivity contribution in [2.45, 2.75) is 19.8 Å². The predicted octanol–water partition coefficient (Wildman–Crippen LogP) is 1.49. The third kappa shape index (κ3) is 17.8. The first kappa shape index (κ1) is 37.4. The van der Waals surface area contributed by atoms with Gasteiger partial charge in [0.05, 0.1) is 0 Å². The van der Waals surface area contributed by atoms with E-state index < -0.39 is 5.91 Å². The SMILES string of the molecule is C=O.C=O.C=O.CN(C)c1ccc(CCNC(=O)C=O)cc1.CNCCc1ccc(N(C)C(C)=O)cc1. The number of nitrogens with one attached hydrogen (secondary N) is 2. The summed E-state index contributed by atoms with van der Waals surface area (Å²) in [5, 5.41) is 5.61. The summed E-state index contributed by atoms with van der Waals surface area (Å²) < 4.78 is 0. The highest BCUT2D eigenvalue weighted by Gasteiger charge is 2.04. The van der Waals surface area contributed by atoms with Gasteiger partial charge in [-0.15, -0.1) is 0 Å². The second kappa shape index (κ2) is 24.9. The van der Waals surface area contributed by atoms with Crippen LogP contribution in [-0.4, -0.2) is 79.7 Å². The van der Waals surface area contributed by atoms with E-state index in [1.807, 2.05) is 82.8 Å². The summed E-state index contributed by atoms with van der Waals surface area (Å²) in [7, 11) is 7.70. The van der Waals surface area contributed by atoms with E-state index in [2.05, 4.69) is 22.8 Å². The molecule has 0 aliphatic heterocycles. The van der Waals surface area contributed by atoms with Crippen LogP contribution in [0.3, 0.4) is 0 Å². The summed E-state index contributed by atoms with van der Waals surface area (Å²) in [6.45, 7) is 9.02. The zero-order valence-corrected chi connectivity index (χ0v) is 22.5. The van der Waals surface area contributed by atoms with Crippen molar-refractivity contribution in [1.82, 2.24) is 10.6 Å². The molecule has 0 radical (unpaired) electrons. The number of likely N-dealkylation sites (N-methyl/N-ethyl adjacent to an activating group) is 1. The molecule has 10 heteroatoms. The van der Waals surface area contributed by atoms with Crippen molar-refractivity contribution in [3.8, 4) is 0 Å². The van der Waals surface area contributed by atoms with Crippen molar-refractivity contribution >= 4 is 49.8 Å². The number of carbonyl (C=O) groups is 6. The molecule has 10 nitrogen and oxygen atoms in total. The van der Waals surface area contributed by atoms with E-state index in [9.17, 15) is 14.4 Å². The summed E-state index contributed by atoms with van der Waals surface area (Å²) in [6.07, 6.45) is 2.03. The summed E-state index contributed by atoms with van der Waals surface area (Å²) in [5.41, 5.74) is 4.50. The van der Waals surface area contributed by atoms with Crippen LogP contribution in [0, 0.1) is 0 Å². The normalized spacial score (nSPS) is 8.57. The van der Waals surface area contributed by atoms with Crippen LogP contribution < -0.4 is 20.4 Å². The largest absolute Gasteiger partial charge is 0.378 e. The molecule has 2 aromatic carbocycles. The number of carbonyl (C=O) groups excluding carboxylic acids is 6. The number of hydrogen-bond donors (Lipinski definition) is 2. The van der Waals surface area contributed by atoms with Crippen molar-refractivity contribution < 1.29 is 28.8 Å². The Morgan fingerprint density at radius 2 is 1.16 bits per heavy atom. The summed E-state index contributed by atoms with van der Waals surface area (Å²) in [5.74, 6) is -0.511. The Labute approximate surface area is 220 Å². The van der Waals surface area contributed by atoms with Gasteiger partial charge in [0.15, 0.2) is 0 Å². The Morgan fingerprint density at radius 3 is 1.51 bits per heavy atom. The lowest BCUT2D eigenvalue weighted by Gasteiger charge is -2.15. The topological polar surface area (TPSA) is 133 Å². The van der Waals surface area contributed by atoms with Crippen molar-refractivity contribution in [3.05, 3.63) is 59.7 Å². The van der Waals surface area contributed by atoms with E-state index in [1.54, 1.807) is 18.9 Å². The number of nitrogens with zero attached hydrogens (tertiary/aromatic N) is 2. The third-order valence-corrected chi connectivity index (χ3v) is 4.73. The molecule has 204 valence electrons. The predicted molar refractivity (Wildman–Crippen MR) is 148 cm³/mol. The van der Waals surface area contributed by atoms with Crippen LogP contribution in [0.5, 0.6) is 0 Å². The second-order valence-electron chi connectivity index (χ2n) is 7.32. The van der Waals surface area contributed by atoms with E-state index in [-0.39, 0.29) is 12.2 Å². The molecular weight excluding hydrogens is 476 g/mol. The number of hydrogen-bond acceptors (Lipinski definition) is 8. The van der Waals surface area contributed by atoms with Gasteiger partial charge in [-0.3, -0.25) is 14.4 Å². The van der Waals surface area contributed by atoms with Gasteiger partial charge < -0.3 is 34.8 Å². The molecule has 2 aromatic rings. The lowest BCUT2D eigenvalue weighted by Crippen LogP contribution is -2.26. The lowest BCUT2D eigenvalue weighted by atomic mass is 10.1. The minimum atomic E-state index is -0.565. The van der Waals surface area contributed by atoms with E-state index in [0.29, 0.717) is 6.54 Å². The van der Waals surface area contributed by atoms with Crippen molar-refractivity contribution in [2.75, 3.05) is 51.1 Å². The van der Waals surface area contributed by atoms with E-state index in [0.717, 1.165) is 36.3 Å². The van der Waals surface area contributed by atoms with Gasteiger partial charge in [0.2, 0.25) is 12.2 Å². The van der Waals surface area contributed by atoms with Gasteiger partial charge in [0, 0.05) is 46.0 Å². The molecule has 2 rings (SSSR count). The van der Waals surface area contributed by atoms with Crippen LogP contribution in [0.15, 0.2) is 48.5 Å². The molecule has 0 saturated carbocycles. The van der Waals surface area contributed by atoms with Crippen LogP contribution >= 0.6 is 0 Å². The van der Waals surface area contributed by atoms with Gasteiger partial charge in [0.25, 0.3) is 5.91 Å². The molecule has 0 spiro atoms. The molecule has 0 aliphatic rings. The Kier molecular flexibility index (Phi) is 25.2. The van der Waals surface area contributed by atoms with Crippen LogP contribution in [0.1, 0.15) is 18.1 Å². The fourth-order valence-corrected chi connectivity index (χ4v) is 2.67. The van der Waals surface area contributed by atoms with Crippen LogP contribution in [0.2, 0.25) is 0 Å². The zero-order valence-electron chi connectivity index (χ0n) is 22.5. The van der Waals surface area contributed by atoms with Gasteiger partial charge in [-0.1, -0.05) is 24.3 Å². The molecule has 0 unspecified atom stereocenters. The fourth-order valence-electron chi connectivity index (χ4n) is 2.67. The lowest BCUT2D eigenvalue weighted by molar-refractivity contribution is -0.131. The smallest absolute Gasteiger partial charge is 0.284 e. The third-order valence-electron chi connectivity index (χ3n) is 4.73. The molecule has 0 aromatic heterocycles. The standard InChI is InChI=1S/C12H16N2O2.C12H18N2O.3CH2O/c1-14(2)11-5-3-10(4-6-11)7-8-13-12(16)9-15;1-10(15)14(3)12-6-4-11(5-7-12)8-9-13-2;3*1-2/h3-6,9H,7-8H2,1-2H3,(H,13,16);4-7,13H,8-9H2,1-3H3;3*1H2. The van der Waals surface area contributed by atoms with Gasteiger partial charge >= 0.3 is 0 Å². The fraction of sp³-hybridized carbons (Fsp3) is 0.333. The Bertz CT molecular complexity index is 869. The Morgan fingerprint density at radius 1 is 0.757 bits per heavy atom. The highest BCUT2D eigenvalue weighted by Crippen LogP contribution is 2.14. The van der Waals surface area contributed by atoms with Crippen molar-refractivity contribution in [2.24, 2.45) is 0 Å². The summed E-state index contributed by atoms with van der Waals surface area (Å²) >= 11 is 0. The number of aldehydes is 1. The van der Waals surface area contributed by atoms with Crippen LogP contribution in [0.4, 0.5) is 11.4 Å². The monoisotopic (exact) mass is 516 g/mol. The quantitative estimate of drug-likeness (QED) is 0.378. The molecule has 0 aliphatic carbocycles. The van der Waals surface area contributed by atoms with E-state index >= 15 is 0 Å². The Hall–Kier alpha value is -4.18. The molecular formula is C27H40N4O6. The molecule has 2 amide bonds. The van der Waals surface area contributed by atoms with Crippen LogP contribution in [-0.2, 0) is 41.6 Å². The summed E-state index contributed by atoms with van der Waals surface area (Å²) in [6, 6.07) is 16.2. The van der Waals surface area contributed by atoms with Gasteiger partial charge in [-0.25, -0.2) is 0 Å². The van der Waals surface area contributed by atoms with E-state index in [1.165, 1.54) is 5.56 Å². The average Bonchev–Trinajstić information content (AvgIpc) is 2.95. The minimum Gasteiger partial charge on any atom is -0.378 e. The number of rotatable bonds is 9.